The van der Waals surface area contributed by atoms with Gasteiger partial charge in [-0.2, -0.15) is 0 Å². The van der Waals surface area contributed by atoms with E-state index in [0.717, 1.165) is 22.3 Å². The number of aliphatic carboxylic acids is 1. The zero-order chi connectivity index (χ0) is 23.8. The summed E-state index contributed by atoms with van der Waals surface area (Å²) in [6, 6.07) is 15.7. The number of fused-ring (bicyclic) bond motifs is 3. The third kappa shape index (κ3) is 4.43. The van der Waals surface area contributed by atoms with Gasteiger partial charge in [0.15, 0.2) is 5.60 Å². The highest BCUT2D eigenvalue weighted by atomic mass is 16.5. The van der Waals surface area contributed by atoms with Crippen LogP contribution >= 0.6 is 0 Å². The Morgan fingerprint density at radius 3 is 2.12 bits per heavy atom. The summed E-state index contributed by atoms with van der Waals surface area (Å²) in [5.74, 6) is -1.77. The van der Waals surface area contributed by atoms with Crippen molar-refractivity contribution in [3.63, 3.8) is 0 Å². The maximum atomic E-state index is 12.6. The number of carbonyl (C=O) groups is 3. The lowest BCUT2D eigenvalue weighted by atomic mass is 9.92. The first-order chi connectivity index (χ1) is 15.7. The average molecular weight is 453 g/mol. The molecule has 1 fully saturated rings. The van der Waals surface area contributed by atoms with Crippen LogP contribution in [-0.2, 0) is 14.3 Å². The molecule has 1 atom stereocenters. The summed E-state index contributed by atoms with van der Waals surface area (Å²) in [6.45, 7) is 3.43. The molecule has 8 nitrogen and oxygen atoms in total. The van der Waals surface area contributed by atoms with Gasteiger partial charge in [0.25, 0.3) is 0 Å². The fourth-order valence-electron chi connectivity index (χ4n) is 4.46. The first-order valence-corrected chi connectivity index (χ1v) is 11.0. The number of hydrogen-bond donors (Lipinski definition) is 3. The van der Waals surface area contributed by atoms with E-state index in [1.54, 1.807) is 0 Å². The van der Waals surface area contributed by atoms with Gasteiger partial charge in [-0.05, 0) is 28.2 Å². The summed E-state index contributed by atoms with van der Waals surface area (Å²) in [5, 5.41) is 21.6. The highest BCUT2D eigenvalue weighted by Crippen LogP contribution is 2.44. The molecule has 2 aromatic rings. The van der Waals surface area contributed by atoms with E-state index in [1.807, 2.05) is 50.2 Å². The predicted octanol–water partition coefficient (Wildman–Crippen LogP) is 2.60. The first-order valence-electron chi connectivity index (χ1n) is 11.0. The molecule has 4 rings (SSSR count). The van der Waals surface area contributed by atoms with Crippen molar-refractivity contribution in [3.8, 4) is 11.1 Å². The van der Waals surface area contributed by atoms with Crippen LogP contribution in [0.15, 0.2) is 48.5 Å². The Morgan fingerprint density at radius 2 is 1.61 bits per heavy atom. The number of β-amino-alcohol motifs (C(OH)–C–C–N with tert-alkyl or cyclic N) is 1. The topological polar surface area (TPSA) is 116 Å². The molecule has 0 aromatic heterocycles. The molecule has 2 aromatic carbocycles. The Hall–Kier alpha value is -3.39. The molecular formula is C25H28N2O6. The number of amides is 2. The van der Waals surface area contributed by atoms with Gasteiger partial charge >= 0.3 is 12.1 Å². The highest BCUT2D eigenvalue weighted by molar-refractivity contribution is 5.85. The van der Waals surface area contributed by atoms with E-state index >= 15 is 0 Å². The molecule has 174 valence electrons. The molecule has 0 spiro atoms. The summed E-state index contributed by atoms with van der Waals surface area (Å²) >= 11 is 0. The summed E-state index contributed by atoms with van der Waals surface area (Å²) in [4.78, 5) is 37.4. The quantitative estimate of drug-likeness (QED) is 0.595. The van der Waals surface area contributed by atoms with Crippen LogP contribution in [0.5, 0.6) is 0 Å². The Kier molecular flexibility index (Phi) is 6.12. The van der Waals surface area contributed by atoms with Gasteiger partial charge in [0.05, 0.1) is 13.1 Å². The molecule has 0 unspecified atom stereocenters. The van der Waals surface area contributed by atoms with Gasteiger partial charge in [-0.15, -0.1) is 0 Å². The monoisotopic (exact) mass is 452 g/mol. The van der Waals surface area contributed by atoms with E-state index in [0.29, 0.717) is 0 Å². The number of carbonyl (C=O) groups excluding carboxylic acids is 2. The summed E-state index contributed by atoms with van der Waals surface area (Å²) in [5.41, 5.74) is 2.63. The minimum atomic E-state index is -1.89. The molecule has 33 heavy (non-hydrogen) atoms. The van der Waals surface area contributed by atoms with Crippen molar-refractivity contribution in [2.45, 2.75) is 37.8 Å². The minimum Gasteiger partial charge on any atom is -0.479 e. The number of alkyl carbamates (subject to hydrolysis) is 1. The Morgan fingerprint density at radius 1 is 1.06 bits per heavy atom. The summed E-state index contributed by atoms with van der Waals surface area (Å²) < 4.78 is 5.57. The molecule has 3 N–H and O–H groups in total. The van der Waals surface area contributed by atoms with Crippen molar-refractivity contribution in [2.24, 2.45) is 5.92 Å². The molecule has 2 aliphatic rings. The van der Waals surface area contributed by atoms with E-state index in [9.17, 15) is 19.5 Å². The smallest absolute Gasteiger partial charge is 0.407 e. The second-order valence-corrected chi connectivity index (χ2v) is 9.11. The van der Waals surface area contributed by atoms with Crippen molar-refractivity contribution >= 4 is 18.0 Å². The van der Waals surface area contributed by atoms with Crippen LogP contribution in [-0.4, -0.2) is 64.4 Å². The van der Waals surface area contributed by atoms with Crippen LogP contribution in [0, 0.1) is 5.92 Å². The van der Waals surface area contributed by atoms with Gasteiger partial charge < -0.3 is 25.2 Å². The van der Waals surface area contributed by atoms with Crippen LogP contribution in [0.2, 0.25) is 0 Å². The number of nitrogens with one attached hydrogen (secondary N) is 1. The normalized spacial score (nSPS) is 17.0. The minimum absolute atomic E-state index is 0.00242. The van der Waals surface area contributed by atoms with Gasteiger partial charge in [0, 0.05) is 18.4 Å². The predicted molar refractivity (Wildman–Crippen MR) is 121 cm³/mol. The van der Waals surface area contributed by atoms with E-state index in [2.05, 4.69) is 17.4 Å². The lowest BCUT2D eigenvalue weighted by Crippen LogP contribution is -2.67. The molecule has 1 saturated heterocycles. The van der Waals surface area contributed by atoms with Gasteiger partial charge in [-0.1, -0.05) is 62.4 Å². The zero-order valence-corrected chi connectivity index (χ0v) is 18.7. The number of nitrogens with zero attached hydrogens (tertiary/aromatic N) is 1. The zero-order valence-electron chi connectivity index (χ0n) is 18.7. The SMILES string of the molecule is CC(C)[C@@H](CC(=O)N1CC(O)(C(=O)O)C1)NC(=O)OCC1c2ccccc2-c2ccccc21. The Labute approximate surface area is 192 Å². The van der Waals surface area contributed by atoms with Crippen LogP contribution < -0.4 is 5.32 Å². The lowest BCUT2D eigenvalue weighted by Gasteiger charge is -2.43. The highest BCUT2D eigenvalue weighted by Gasteiger charge is 2.50. The van der Waals surface area contributed by atoms with E-state index in [4.69, 9.17) is 9.84 Å². The standard InChI is InChI=1S/C25H28N2O6/c1-15(2)21(11-22(28)27-13-25(32,14-27)23(29)30)26-24(31)33-12-20-18-9-5-3-7-16(18)17-8-4-6-10-19(17)20/h3-10,15,20-21,32H,11-14H2,1-2H3,(H,26,31)(H,29,30)/t21-/m1/s1. The molecule has 2 amide bonds. The van der Waals surface area contributed by atoms with E-state index in [-0.39, 0.29) is 43.9 Å². The van der Waals surface area contributed by atoms with Crippen molar-refractivity contribution in [2.75, 3.05) is 19.7 Å². The van der Waals surface area contributed by atoms with E-state index < -0.39 is 23.7 Å². The Balaban J connectivity index is 1.35. The van der Waals surface area contributed by atoms with Crippen molar-refractivity contribution in [1.82, 2.24) is 10.2 Å². The maximum absolute atomic E-state index is 12.6. The van der Waals surface area contributed by atoms with E-state index in [1.165, 1.54) is 4.90 Å². The van der Waals surface area contributed by atoms with Crippen LogP contribution in [0.1, 0.15) is 37.3 Å². The number of rotatable bonds is 7. The number of carboxylic acids is 1. The number of benzene rings is 2. The van der Waals surface area contributed by atoms with Gasteiger partial charge in [-0.25, -0.2) is 9.59 Å². The molecular weight excluding hydrogens is 424 g/mol. The largest absolute Gasteiger partial charge is 0.479 e. The third-order valence-corrected chi connectivity index (χ3v) is 6.50. The second kappa shape index (κ2) is 8.86. The fraction of sp³-hybridized carbons (Fsp3) is 0.400. The van der Waals surface area contributed by atoms with Gasteiger partial charge in [0.1, 0.15) is 6.61 Å². The number of likely N-dealkylation sites (tertiary alicyclic amines) is 1. The molecule has 0 bridgehead atoms. The summed E-state index contributed by atoms with van der Waals surface area (Å²) in [6.07, 6.45) is -0.605. The summed E-state index contributed by atoms with van der Waals surface area (Å²) in [7, 11) is 0. The molecule has 0 radical (unpaired) electrons. The number of carboxylic acid groups (broad SMARTS) is 1. The van der Waals surface area contributed by atoms with Crippen molar-refractivity contribution < 1.29 is 29.3 Å². The first kappa shape index (κ1) is 22.8. The molecule has 0 saturated carbocycles. The second-order valence-electron chi connectivity index (χ2n) is 9.11. The number of ether oxygens (including phenoxy) is 1. The average Bonchev–Trinajstić information content (AvgIpc) is 3.08. The fourth-order valence-corrected chi connectivity index (χ4v) is 4.46. The number of hydrogen-bond acceptors (Lipinski definition) is 5. The van der Waals surface area contributed by atoms with Crippen molar-refractivity contribution in [1.29, 1.82) is 0 Å². The van der Waals surface area contributed by atoms with Gasteiger partial charge in [-0.3, -0.25) is 4.79 Å². The van der Waals surface area contributed by atoms with Crippen LogP contribution in [0.4, 0.5) is 4.79 Å². The molecule has 8 heteroatoms. The maximum Gasteiger partial charge on any atom is 0.407 e. The Bertz CT molecular complexity index is 1030. The van der Waals surface area contributed by atoms with Crippen LogP contribution in [0.3, 0.4) is 0 Å². The van der Waals surface area contributed by atoms with Crippen molar-refractivity contribution in [3.05, 3.63) is 59.7 Å². The lowest BCUT2D eigenvalue weighted by molar-refractivity contribution is -0.182. The molecule has 1 aliphatic carbocycles. The van der Waals surface area contributed by atoms with Gasteiger partial charge in [0.2, 0.25) is 5.91 Å². The molecule has 1 heterocycles. The molecule has 1 aliphatic heterocycles. The number of aliphatic hydroxyl groups is 1. The van der Waals surface area contributed by atoms with Crippen LogP contribution in [0.25, 0.3) is 11.1 Å². The third-order valence-electron chi connectivity index (χ3n) is 6.50.